The summed E-state index contributed by atoms with van der Waals surface area (Å²) in [4.78, 5) is 30.5. The van der Waals surface area contributed by atoms with Gasteiger partial charge in [-0.1, -0.05) is 11.8 Å². The monoisotopic (exact) mass is 386 g/mol. The minimum absolute atomic E-state index is 0.0492. The van der Waals surface area contributed by atoms with Crippen LogP contribution in [-0.4, -0.2) is 27.7 Å². The summed E-state index contributed by atoms with van der Waals surface area (Å²) >= 11 is 1.16. The predicted octanol–water partition coefficient (Wildman–Crippen LogP) is 2.76. The number of thioether (sulfide) groups is 1. The van der Waals surface area contributed by atoms with Crippen molar-refractivity contribution in [1.82, 2.24) is 15.3 Å². The van der Waals surface area contributed by atoms with Gasteiger partial charge in [0.2, 0.25) is 5.91 Å². The minimum Gasteiger partial charge on any atom is -0.352 e. The Hall–Kier alpha value is -1.81. The van der Waals surface area contributed by atoms with Crippen molar-refractivity contribution in [2.24, 2.45) is 23.2 Å². The Labute approximate surface area is 163 Å². The molecule has 7 heteroatoms. The van der Waals surface area contributed by atoms with Crippen LogP contribution in [0.5, 0.6) is 0 Å². The van der Waals surface area contributed by atoms with E-state index < -0.39 is 5.69 Å². The van der Waals surface area contributed by atoms with E-state index in [0.29, 0.717) is 16.3 Å². The van der Waals surface area contributed by atoms with Gasteiger partial charge in [0.25, 0.3) is 0 Å². The third-order valence-electron chi connectivity index (χ3n) is 6.92. The van der Waals surface area contributed by atoms with Crippen LogP contribution >= 0.6 is 11.8 Å². The van der Waals surface area contributed by atoms with E-state index in [2.05, 4.69) is 28.3 Å². The second kappa shape index (κ2) is 6.97. The molecule has 0 saturated heterocycles. The quantitative estimate of drug-likeness (QED) is 0.599. The van der Waals surface area contributed by atoms with Gasteiger partial charge in [0.15, 0.2) is 0 Å². The van der Waals surface area contributed by atoms with Gasteiger partial charge in [-0.2, -0.15) is 10.2 Å². The van der Waals surface area contributed by atoms with Gasteiger partial charge in [-0.3, -0.25) is 4.79 Å². The first-order valence-electron chi connectivity index (χ1n) is 9.82. The molecule has 1 amide bonds. The van der Waals surface area contributed by atoms with E-state index in [1.807, 2.05) is 0 Å². The van der Waals surface area contributed by atoms with Crippen LogP contribution in [0.25, 0.3) is 0 Å². The second-order valence-corrected chi connectivity index (χ2v) is 9.78. The molecule has 6 nitrogen and oxygen atoms in total. The molecule has 0 spiro atoms. The molecule has 4 bridgehead atoms. The highest BCUT2D eigenvalue weighted by atomic mass is 32.2. The highest BCUT2D eigenvalue weighted by Gasteiger charge is 2.53. The molecular weight excluding hydrogens is 360 g/mol. The molecule has 27 heavy (non-hydrogen) atoms. The molecule has 0 aliphatic heterocycles. The van der Waals surface area contributed by atoms with Crippen LogP contribution in [0, 0.1) is 41.4 Å². The lowest BCUT2D eigenvalue weighted by Crippen LogP contribution is -2.56. The first-order chi connectivity index (χ1) is 12.9. The lowest BCUT2D eigenvalue weighted by molar-refractivity contribution is -0.123. The fraction of sp³-hybridized carbons (Fsp3) is 0.700. The number of carbonyl (C=O) groups is 1. The van der Waals surface area contributed by atoms with E-state index in [-0.39, 0.29) is 23.1 Å². The van der Waals surface area contributed by atoms with Crippen LogP contribution in [0.3, 0.4) is 0 Å². The number of nitrogens with zero attached hydrogens (tertiary/aromatic N) is 2. The van der Waals surface area contributed by atoms with Crippen molar-refractivity contribution in [1.29, 1.82) is 5.26 Å². The molecule has 4 saturated carbocycles. The summed E-state index contributed by atoms with van der Waals surface area (Å²) in [6.45, 7) is 3.83. The maximum atomic E-state index is 12.6. The minimum atomic E-state index is -0.489. The molecule has 1 unspecified atom stereocenters. The molecule has 4 fully saturated rings. The number of aromatic nitrogens is 2. The van der Waals surface area contributed by atoms with Gasteiger partial charge in [-0.05, 0) is 75.5 Å². The summed E-state index contributed by atoms with van der Waals surface area (Å²) in [6.07, 6.45) is 7.92. The van der Waals surface area contributed by atoms with Crippen molar-refractivity contribution in [2.45, 2.75) is 63.4 Å². The Bertz CT molecular complexity index is 821. The number of carbonyl (C=O) groups excluding carboxylic acids is 1. The SMILES string of the molecule is Cc1[nH]c(=O)nc(SCC(=O)NC(C)C23CC4CC(CC(C4)C2)C3)c1C#N. The largest absolute Gasteiger partial charge is 0.352 e. The zero-order valence-electron chi connectivity index (χ0n) is 15.9. The lowest BCUT2D eigenvalue weighted by Gasteiger charge is -2.59. The maximum Gasteiger partial charge on any atom is 0.346 e. The standard InChI is InChI=1S/C20H26N4O2S/c1-11-16(9-21)18(24-19(26)22-11)27-10-17(25)23-12(2)20-6-13-3-14(7-20)5-15(4-13)8-20/h12-15H,3-8,10H2,1-2H3,(H,23,25)(H,22,24,26). The molecular formula is C20H26N4O2S. The molecule has 4 aliphatic carbocycles. The van der Waals surface area contributed by atoms with Crippen LogP contribution in [0.2, 0.25) is 0 Å². The Morgan fingerprint density at radius 1 is 1.33 bits per heavy atom. The van der Waals surface area contributed by atoms with Crippen molar-refractivity contribution >= 4 is 17.7 Å². The van der Waals surface area contributed by atoms with Crippen LogP contribution in [0.1, 0.15) is 56.7 Å². The molecule has 1 atom stereocenters. The van der Waals surface area contributed by atoms with Gasteiger partial charge in [-0.15, -0.1) is 0 Å². The summed E-state index contributed by atoms with van der Waals surface area (Å²) in [5, 5.41) is 12.8. The van der Waals surface area contributed by atoms with Gasteiger partial charge in [0, 0.05) is 11.7 Å². The molecule has 5 rings (SSSR count). The number of nitriles is 1. The number of aromatic amines is 1. The highest BCUT2D eigenvalue weighted by Crippen LogP contribution is 2.61. The second-order valence-electron chi connectivity index (χ2n) is 8.82. The number of rotatable bonds is 5. The maximum absolute atomic E-state index is 12.6. The average Bonchev–Trinajstić information content (AvgIpc) is 2.58. The van der Waals surface area contributed by atoms with Gasteiger partial charge < -0.3 is 10.3 Å². The van der Waals surface area contributed by atoms with Gasteiger partial charge in [-0.25, -0.2) is 4.79 Å². The number of amides is 1. The van der Waals surface area contributed by atoms with Crippen molar-refractivity contribution < 1.29 is 4.79 Å². The van der Waals surface area contributed by atoms with Crippen LogP contribution in [0.4, 0.5) is 0 Å². The Balaban J connectivity index is 1.39. The molecule has 4 aliphatic rings. The van der Waals surface area contributed by atoms with E-state index in [1.165, 1.54) is 38.5 Å². The summed E-state index contributed by atoms with van der Waals surface area (Å²) in [6, 6.07) is 2.23. The topological polar surface area (TPSA) is 98.6 Å². The van der Waals surface area contributed by atoms with Gasteiger partial charge >= 0.3 is 5.69 Å². The van der Waals surface area contributed by atoms with Gasteiger partial charge in [0.05, 0.1) is 5.75 Å². The van der Waals surface area contributed by atoms with Crippen molar-refractivity contribution in [3.05, 3.63) is 21.7 Å². The number of hydrogen-bond acceptors (Lipinski definition) is 5. The number of hydrogen-bond donors (Lipinski definition) is 2. The van der Waals surface area contributed by atoms with E-state index >= 15 is 0 Å². The highest BCUT2D eigenvalue weighted by molar-refractivity contribution is 8.00. The third kappa shape index (κ3) is 3.52. The molecule has 0 radical (unpaired) electrons. The van der Waals surface area contributed by atoms with Crippen LogP contribution < -0.4 is 11.0 Å². The summed E-state index contributed by atoms with van der Waals surface area (Å²) in [5.41, 5.74) is 0.603. The fourth-order valence-corrected chi connectivity index (χ4v) is 6.92. The first kappa shape index (κ1) is 18.5. The lowest BCUT2D eigenvalue weighted by atomic mass is 9.48. The summed E-state index contributed by atoms with van der Waals surface area (Å²) < 4.78 is 0. The van der Waals surface area contributed by atoms with Gasteiger partial charge in [0.1, 0.15) is 16.7 Å². The molecule has 1 aromatic rings. The number of nitrogens with one attached hydrogen (secondary N) is 2. The Morgan fingerprint density at radius 2 is 1.93 bits per heavy atom. The smallest absolute Gasteiger partial charge is 0.346 e. The van der Waals surface area contributed by atoms with E-state index in [0.717, 1.165) is 29.5 Å². The van der Waals surface area contributed by atoms with E-state index in [4.69, 9.17) is 0 Å². The zero-order valence-corrected chi connectivity index (χ0v) is 16.7. The van der Waals surface area contributed by atoms with Crippen LogP contribution in [-0.2, 0) is 4.79 Å². The number of aryl methyl sites for hydroxylation is 1. The predicted molar refractivity (Wildman–Crippen MR) is 103 cm³/mol. The van der Waals surface area contributed by atoms with Crippen molar-refractivity contribution in [3.8, 4) is 6.07 Å². The molecule has 2 N–H and O–H groups in total. The fourth-order valence-electron chi connectivity index (χ4n) is 6.07. The Morgan fingerprint density at radius 3 is 2.48 bits per heavy atom. The molecule has 1 aromatic heterocycles. The van der Waals surface area contributed by atoms with E-state index in [9.17, 15) is 14.9 Å². The Kier molecular flexibility index (Phi) is 4.79. The number of H-pyrrole nitrogens is 1. The normalized spacial score (nSPS) is 32.1. The first-order valence-corrected chi connectivity index (χ1v) is 10.8. The van der Waals surface area contributed by atoms with Crippen molar-refractivity contribution in [2.75, 3.05) is 5.75 Å². The van der Waals surface area contributed by atoms with Crippen molar-refractivity contribution in [3.63, 3.8) is 0 Å². The summed E-state index contributed by atoms with van der Waals surface area (Å²) in [5.74, 6) is 2.68. The summed E-state index contributed by atoms with van der Waals surface area (Å²) in [7, 11) is 0. The average molecular weight is 387 g/mol. The van der Waals surface area contributed by atoms with E-state index in [1.54, 1.807) is 6.92 Å². The third-order valence-corrected chi connectivity index (χ3v) is 7.90. The van der Waals surface area contributed by atoms with Crippen LogP contribution in [0.15, 0.2) is 9.82 Å². The molecule has 1 heterocycles. The molecule has 0 aromatic carbocycles. The zero-order chi connectivity index (χ0) is 19.2. The molecule has 144 valence electrons.